The molecule has 26 heavy (non-hydrogen) atoms. The smallest absolute Gasteiger partial charge is 0.233 e. The molecule has 1 saturated heterocycles. The second-order valence-corrected chi connectivity index (χ2v) is 9.87. The number of thioether (sulfide) groups is 1. The van der Waals surface area contributed by atoms with E-state index in [4.69, 9.17) is 0 Å². The quantitative estimate of drug-likeness (QED) is 0.611. The molecule has 2 N–H and O–H groups in total. The summed E-state index contributed by atoms with van der Waals surface area (Å²) in [5.41, 5.74) is 0. The number of nitrogens with one attached hydrogen (secondary N) is 2. The van der Waals surface area contributed by atoms with E-state index in [0.717, 1.165) is 32.7 Å². The predicted molar refractivity (Wildman–Crippen MR) is 106 cm³/mol. The normalized spacial score (nSPS) is 17.0. The first-order chi connectivity index (χ1) is 12.4. The second kappa shape index (κ2) is 10.3. The van der Waals surface area contributed by atoms with Gasteiger partial charge in [-0.15, -0.1) is 11.8 Å². The first kappa shape index (κ1) is 21.2. The van der Waals surface area contributed by atoms with E-state index >= 15 is 0 Å². The van der Waals surface area contributed by atoms with Crippen molar-refractivity contribution < 1.29 is 13.2 Å². The number of piperazine rings is 1. The van der Waals surface area contributed by atoms with Crippen molar-refractivity contribution in [2.45, 2.75) is 35.3 Å². The number of hydrogen-bond donors (Lipinski definition) is 2. The maximum Gasteiger partial charge on any atom is 0.233 e. The van der Waals surface area contributed by atoms with Crippen molar-refractivity contribution in [3.63, 3.8) is 0 Å². The van der Waals surface area contributed by atoms with Crippen molar-refractivity contribution >= 4 is 27.5 Å². The van der Waals surface area contributed by atoms with Crippen LogP contribution in [0.15, 0.2) is 34.1 Å². The van der Waals surface area contributed by atoms with E-state index in [0.29, 0.717) is 22.8 Å². The highest BCUT2D eigenvalue weighted by atomic mass is 32.2. The van der Waals surface area contributed by atoms with Crippen LogP contribution in [-0.2, 0) is 14.6 Å². The van der Waals surface area contributed by atoms with E-state index in [1.807, 2.05) is 19.9 Å². The fraction of sp³-hybridized carbons (Fsp3) is 0.611. The molecule has 0 radical (unpaired) electrons. The van der Waals surface area contributed by atoms with Crippen molar-refractivity contribution in [2.24, 2.45) is 0 Å². The zero-order valence-corrected chi connectivity index (χ0v) is 17.2. The van der Waals surface area contributed by atoms with E-state index in [9.17, 15) is 13.2 Å². The third kappa shape index (κ3) is 6.26. The number of amides is 1. The summed E-state index contributed by atoms with van der Waals surface area (Å²) in [6.07, 6.45) is 0.573. The molecule has 1 fully saturated rings. The summed E-state index contributed by atoms with van der Waals surface area (Å²) in [7, 11) is -3.31. The first-order valence-electron chi connectivity index (χ1n) is 9.13. The number of sulfone groups is 1. The highest BCUT2D eigenvalue weighted by Crippen LogP contribution is 2.30. The van der Waals surface area contributed by atoms with Gasteiger partial charge in [-0.1, -0.05) is 19.1 Å². The summed E-state index contributed by atoms with van der Waals surface area (Å²) in [6, 6.07) is 6.94. The Morgan fingerprint density at radius 3 is 2.69 bits per heavy atom. The van der Waals surface area contributed by atoms with E-state index in [1.165, 1.54) is 11.8 Å². The zero-order chi connectivity index (χ0) is 19.0. The van der Waals surface area contributed by atoms with Crippen LogP contribution in [-0.4, -0.2) is 69.5 Å². The lowest BCUT2D eigenvalue weighted by molar-refractivity contribution is -0.120. The molecular weight excluding hydrogens is 370 g/mol. The van der Waals surface area contributed by atoms with Gasteiger partial charge in [0, 0.05) is 44.2 Å². The molecular formula is C18H29N3O3S2. The second-order valence-electron chi connectivity index (χ2n) is 6.41. The Morgan fingerprint density at radius 1 is 1.31 bits per heavy atom. The molecule has 6 nitrogen and oxygen atoms in total. The molecule has 1 aromatic carbocycles. The van der Waals surface area contributed by atoms with Crippen LogP contribution in [0.2, 0.25) is 0 Å². The number of rotatable bonds is 9. The molecule has 1 unspecified atom stereocenters. The molecule has 1 amide bonds. The SMILES string of the molecule is CCCS(=O)(=O)c1ccccc1SC(C)C(=O)NCCN1CCNCC1. The van der Waals surface area contributed by atoms with Crippen LogP contribution in [0.25, 0.3) is 0 Å². The average molecular weight is 400 g/mol. The molecule has 0 bridgehead atoms. The highest BCUT2D eigenvalue weighted by molar-refractivity contribution is 8.01. The topological polar surface area (TPSA) is 78.5 Å². The third-order valence-electron chi connectivity index (χ3n) is 4.27. The van der Waals surface area contributed by atoms with Crippen LogP contribution < -0.4 is 10.6 Å². The minimum Gasteiger partial charge on any atom is -0.354 e. The Bertz CT molecular complexity index is 689. The number of hydrogen-bond acceptors (Lipinski definition) is 6. The predicted octanol–water partition coefficient (Wildman–Crippen LogP) is 1.37. The third-order valence-corrected chi connectivity index (χ3v) is 7.55. The lowest BCUT2D eigenvalue weighted by Gasteiger charge is -2.27. The van der Waals surface area contributed by atoms with Crippen molar-refractivity contribution in [1.82, 2.24) is 15.5 Å². The summed E-state index contributed by atoms with van der Waals surface area (Å²) < 4.78 is 24.9. The summed E-state index contributed by atoms with van der Waals surface area (Å²) in [6.45, 7) is 9.10. The molecule has 0 spiro atoms. The molecule has 2 rings (SSSR count). The Morgan fingerprint density at radius 2 is 2.00 bits per heavy atom. The molecule has 1 aromatic rings. The van der Waals surface area contributed by atoms with Gasteiger partial charge in [0.2, 0.25) is 5.91 Å². The van der Waals surface area contributed by atoms with Gasteiger partial charge >= 0.3 is 0 Å². The lowest BCUT2D eigenvalue weighted by Crippen LogP contribution is -2.46. The molecule has 0 saturated carbocycles. The standard InChI is InChI=1S/C18H29N3O3S2/c1-3-14-26(23,24)17-7-5-4-6-16(17)25-15(2)18(22)20-10-13-21-11-8-19-9-12-21/h4-7,15,19H,3,8-14H2,1-2H3,(H,20,22). The van der Waals surface area contributed by atoms with Gasteiger partial charge in [0.15, 0.2) is 9.84 Å². The van der Waals surface area contributed by atoms with Gasteiger partial charge in [0.05, 0.1) is 15.9 Å². The molecule has 146 valence electrons. The number of nitrogens with zero attached hydrogens (tertiary/aromatic N) is 1. The minimum absolute atomic E-state index is 0.0622. The number of carbonyl (C=O) groups is 1. The maximum absolute atomic E-state index is 12.4. The molecule has 8 heteroatoms. The zero-order valence-electron chi connectivity index (χ0n) is 15.5. The van der Waals surface area contributed by atoms with Crippen LogP contribution in [0.1, 0.15) is 20.3 Å². The van der Waals surface area contributed by atoms with Crippen molar-refractivity contribution in [1.29, 1.82) is 0 Å². The van der Waals surface area contributed by atoms with Crippen LogP contribution in [0.3, 0.4) is 0 Å². The maximum atomic E-state index is 12.4. The van der Waals surface area contributed by atoms with Gasteiger partial charge in [0.25, 0.3) is 0 Å². The minimum atomic E-state index is -3.31. The molecule has 1 heterocycles. The van der Waals surface area contributed by atoms with Crippen LogP contribution >= 0.6 is 11.8 Å². The van der Waals surface area contributed by atoms with Crippen LogP contribution in [0.4, 0.5) is 0 Å². The van der Waals surface area contributed by atoms with Crippen molar-refractivity contribution in [3.05, 3.63) is 24.3 Å². The average Bonchev–Trinajstić information content (AvgIpc) is 2.62. The Labute approximate surface area is 161 Å². The molecule has 1 aliphatic rings. The Kier molecular flexibility index (Phi) is 8.40. The van der Waals surface area contributed by atoms with Crippen molar-refractivity contribution in [3.8, 4) is 0 Å². The summed E-state index contributed by atoms with van der Waals surface area (Å²) >= 11 is 1.30. The number of benzene rings is 1. The van der Waals surface area contributed by atoms with Gasteiger partial charge in [-0.2, -0.15) is 0 Å². The molecule has 0 aromatic heterocycles. The van der Waals surface area contributed by atoms with Crippen LogP contribution in [0.5, 0.6) is 0 Å². The van der Waals surface area contributed by atoms with E-state index in [1.54, 1.807) is 18.2 Å². The van der Waals surface area contributed by atoms with Crippen molar-refractivity contribution in [2.75, 3.05) is 45.0 Å². The Balaban J connectivity index is 1.90. The van der Waals surface area contributed by atoms with Crippen LogP contribution in [0, 0.1) is 0 Å². The number of carbonyl (C=O) groups excluding carboxylic acids is 1. The molecule has 1 atom stereocenters. The van der Waals surface area contributed by atoms with Gasteiger partial charge < -0.3 is 10.6 Å². The monoisotopic (exact) mass is 399 g/mol. The van der Waals surface area contributed by atoms with Gasteiger partial charge in [0.1, 0.15) is 0 Å². The first-order valence-corrected chi connectivity index (χ1v) is 11.7. The fourth-order valence-corrected chi connectivity index (χ4v) is 5.70. The fourth-order valence-electron chi connectivity index (χ4n) is 2.84. The van der Waals surface area contributed by atoms with E-state index in [-0.39, 0.29) is 16.9 Å². The van der Waals surface area contributed by atoms with Gasteiger partial charge in [-0.05, 0) is 25.5 Å². The van der Waals surface area contributed by atoms with Gasteiger partial charge in [-0.25, -0.2) is 8.42 Å². The Hall–Kier alpha value is -1.09. The van der Waals surface area contributed by atoms with Gasteiger partial charge in [-0.3, -0.25) is 9.69 Å². The summed E-state index contributed by atoms with van der Waals surface area (Å²) in [4.78, 5) is 15.7. The molecule has 0 aliphatic carbocycles. The van der Waals surface area contributed by atoms with E-state index in [2.05, 4.69) is 15.5 Å². The largest absolute Gasteiger partial charge is 0.354 e. The highest BCUT2D eigenvalue weighted by Gasteiger charge is 2.21. The molecule has 1 aliphatic heterocycles. The lowest BCUT2D eigenvalue weighted by atomic mass is 10.3. The summed E-state index contributed by atoms with van der Waals surface area (Å²) in [5, 5.41) is 5.92. The summed E-state index contributed by atoms with van der Waals surface area (Å²) in [5.74, 6) is 0.0587. The van der Waals surface area contributed by atoms with E-state index < -0.39 is 9.84 Å².